The molecule has 0 aliphatic heterocycles. The summed E-state index contributed by atoms with van der Waals surface area (Å²) in [6, 6.07) is 21.3. The van der Waals surface area contributed by atoms with Crippen LogP contribution in [0.5, 0.6) is 5.75 Å². The first-order chi connectivity index (χ1) is 18.5. The fraction of sp³-hybridized carbons (Fsp3) is 0.333. The lowest BCUT2D eigenvalue weighted by atomic mass is 10.1. The number of nitrogens with one attached hydrogen (secondary N) is 1. The Bertz CT molecular complexity index is 1360. The number of carbonyl (C=O) groups is 2. The Balaban J connectivity index is 1.98. The molecule has 0 saturated carbocycles. The number of sulfonamides is 1. The summed E-state index contributed by atoms with van der Waals surface area (Å²) >= 11 is 0. The molecule has 0 aliphatic rings. The number of benzene rings is 3. The van der Waals surface area contributed by atoms with Gasteiger partial charge in [-0.3, -0.25) is 13.9 Å². The minimum absolute atomic E-state index is 0.0212. The molecule has 0 spiro atoms. The Morgan fingerprint density at radius 3 is 2.18 bits per heavy atom. The lowest BCUT2D eigenvalue weighted by Gasteiger charge is -2.32. The number of ether oxygens (including phenoxy) is 1. The van der Waals surface area contributed by atoms with Gasteiger partial charge in [0.15, 0.2) is 0 Å². The van der Waals surface area contributed by atoms with Crippen molar-refractivity contribution in [3.8, 4) is 5.75 Å². The van der Waals surface area contributed by atoms with E-state index in [2.05, 4.69) is 5.32 Å². The summed E-state index contributed by atoms with van der Waals surface area (Å²) in [6.07, 6.45) is 0. The van der Waals surface area contributed by atoms with E-state index in [-0.39, 0.29) is 23.3 Å². The third-order valence-electron chi connectivity index (χ3n) is 6.26. The lowest BCUT2D eigenvalue weighted by molar-refractivity contribution is -0.139. The second-order valence-corrected chi connectivity index (χ2v) is 11.7. The van der Waals surface area contributed by atoms with Gasteiger partial charge < -0.3 is 15.0 Å². The summed E-state index contributed by atoms with van der Waals surface area (Å²) < 4.78 is 33.9. The molecule has 0 fully saturated rings. The average molecular weight is 552 g/mol. The standard InChI is InChI=1S/C30H37N3O5S/c1-22(2)19-31-30(35)24(4)32(20-25-11-9-10-23(3)18-25)29(34)21-33(26-12-7-6-8-13-26)39(36,37)28-16-14-27(38-5)15-17-28/h6-18,22,24H,19-21H2,1-5H3,(H,31,35)/t24-/m1/s1. The van der Waals surface area contributed by atoms with Crippen LogP contribution in [-0.4, -0.2) is 51.4 Å². The molecule has 0 aliphatic carbocycles. The van der Waals surface area contributed by atoms with Crippen LogP contribution in [0.2, 0.25) is 0 Å². The number of methoxy groups -OCH3 is 1. The van der Waals surface area contributed by atoms with Crippen molar-refractivity contribution in [2.24, 2.45) is 5.92 Å². The van der Waals surface area contributed by atoms with Crippen molar-refractivity contribution >= 4 is 27.5 Å². The number of nitrogens with zero attached hydrogens (tertiary/aromatic N) is 2. The summed E-state index contributed by atoms with van der Waals surface area (Å²) in [5.41, 5.74) is 2.20. The molecule has 39 heavy (non-hydrogen) atoms. The maximum atomic E-state index is 13.9. The number of anilines is 1. The smallest absolute Gasteiger partial charge is 0.264 e. The molecule has 8 nitrogen and oxygen atoms in total. The van der Waals surface area contributed by atoms with Crippen molar-refractivity contribution < 1.29 is 22.7 Å². The summed E-state index contributed by atoms with van der Waals surface area (Å²) in [6.45, 7) is 7.73. The van der Waals surface area contributed by atoms with Crippen LogP contribution in [-0.2, 0) is 26.2 Å². The molecular formula is C30H37N3O5S. The van der Waals surface area contributed by atoms with Gasteiger partial charge >= 0.3 is 0 Å². The SMILES string of the molecule is COc1ccc(S(=O)(=O)N(CC(=O)N(Cc2cccc(C)c2)[C@H](C)C(=O)NCC(C)C)c2ccccc2)cc1. The molecule has 0 unspecified atom stereocenters. The second-order valence-electron chi connectivity index (χ2n) is 9.85. The van der Waals surface area contributed by atoms with E-state index in [0.717, 1.165) is 15.4 Å². The van der Waals surface area contributed by atoms with Gasteiger partial charge in [-0.05, 0) is 61.7 Å². The zero-order valence-corrected chi connectivity index (χ0v) is 23.9. The van der Waals surface area contributed by atoms with E-state index in [1.807, 2.05) is 45.0 Å². The number of hydrogen-bond donors (Lipinski definition) is 1. The molecule has 1 N–H and O–H groups in total. The summed E-state index contributed by atoms with van der Waals surface area (Å²) in [5, 5.41) is 2.89. The molecule has 1 atom stereocenters. The molecule has 0 saturated heterocycles. The fourth-order valence-electron chi connectivity index (χ4n) is 4.04. The predicted octanol–water partition coefficient (Wildman–Crippen LogP) is 4.39. The molecule has 0 heterocycles. The molecule has 2 amide bonds. The zero-order chi connectivity index (χ0) is 28.6. The minimum atomic E-state index is -4.12. The van der Waals surface area contributed by atoms with Crippen LogP contribution in [0.1, 0.15) is 31.9 Å². The highest BCUT2D eigenvalue weighted by molar-refractivity contribution is 7.92. The molecule has 0 aromatic heterocycles. The van der Waals surface area contributed by atoms with Crippen LogP contribution in [0.15, 0.2) is 83.8 Å². The number of para-hydroxylation sites is 1. The van der Waals surface area contributed by atoms with Crippen LogP contribution >= 0.6 is 0 Å². The molecule has 208 valence electrons. The first-order valence-corrected chi connectivity index (χ1v) is 14.3. The number of aryl methyl sites for hydroxylation is 1. The van der Waals surface area contributed by atoms with Gasteiger partial charge in [-0.15, -0.1) is 0 Å². The Labute approximate surface area is 231 Å². The van der Waals surface area contributed by atoms with Gasteiger partial charge in [0.2, 0.25) is 11.8 Å². The third-order valence-corrected chi connectivity index (χ3v) is 8.05. The molecular weight excluding hydrogens is 514 g/mol. The van der Waals surface area contributed by atoms with Crippen LogP contribution in [0.4, 0.5) is 5.69 Å². The number of amides is 2. The molecule has 3 aromatic carbocycles. The van der Waals surface area contributed by atoms with Gasteiger partial charge in [0, 0.05) is 13.1 Å². The highest BCUT2D eigenvalue weighted by atomic mass is 32.2. The number of carbonyl (C=O) groups excluding carboxylic acids is 2. The quantitative estimate of drug-likeness (QED) is 0.360. The first kappa shape index (κ1) is 29.7. The normalized spacial score (nSPS) is 12.1. The summed E-state index contributed by atoms with van der Waals surface area (Å²) in [4.78, 5) is 28.4. The third kappa shape index (κ3) is 7.83. The monoisotopic (exact) mass is 551 g/mol. The van der Waals surface area contributed by atoms with E-state index in [9.17, 15) is 18.0 Å². The van der Waals surface area contributed by atoms with Gasteiger partial charge in [0.25, 0.3) is 10.0 Å². The van der Waals surface area contributed by atoms with Gasteiger partial charge in [-0.25, -0.2) is 8.42 Å². The fourth-order valence-corrected chi connectivity index (χ4v) is 5.45. The van der Waals surface area contributed by atoms with Gasteiger partial charge in [0.1, 0.15) is 18.3 Å². The average Bonchev–Trinajstić information content (AvgIpc) is 2.93. The van der Waals surface area contributed by atoms with Crippen molar-refractivity contribution in [3.63, 3.8) is 0 Å². The van der Waals surface area contributed by atoms with Gasteiger partial charge in [-0.2, -0.15) is 0 Å². The van der Waals surface area contributed by atoms with E-state index in [1.54, 1.807) is 49.4 Å². The highest BCUT2D eigenvalue weighted by Gasteiger charge is 2.32. The van der Waals surface area contributed by atoms with Gasteiger partial charge in [-0.1, -0.05) is 61.9 Å². The van der Waals surface area contributed by atoms with E-state index >= 15 is 0 Å². The maximum Gasteiger partial charge on any atom is 0.264 e. The molecule has 3 rings (SSSR count). The predicted molar refractivity (Wildman–Crippen MR) is 153 cm³/mol. The summed E-state index contributed by atoms with van der Waals surface area (Å²) in [5.74, 6) is -0.0363. The lowest BCUT2D eigenvalue weighted by Crippen LogP contribution is -2.51. The van der Waals surface area contributed by atoms with Crippen LogP contribution in [0.3, 0.4) is 0 Å². The van der Waals surface area contributed by atoms with E-state index in [0.29, 0.717) is 18.0 Å². The molecule has 0 bridgehead atoms. The van der Waals surface area contributed by atoms with Crippen LogP contribution in [0, 0.1) is 12.8 Å². The van der Waals surface area contributed by atoms with Crippen molar-refractivity contribution in [1.82, 2.24) is 10.2 Å². The summed E-state index contributed by atoms with van der Waals surface area (Å²) in [7, 11) is -2.63. The minimum Gasteiger partial charge on any atom is -0.497 e. The van der Waals surface area contributed by atoms with Gasteiger partial charge in [0.05, 0.1) is 17.7 Å². The van der Waals surface area contributed by atoms with E-state index in [4.69, 9.17) is 4.74 Å². The van der Waals surface area contributed by atoms with E-state index in [1.165, 1.54) is 24.1 Å². The van der Waals surface area contributed by atoms with Crippen molar-refractivity contribution in [3.05, 3.63) is 90.0 Å². The van der Waals surface area contributed by atoms with Crippen LogP contribution < -0.4 is 14.4 Å². The Kier molecular flexibility index (Phi) is 10.1. The maximum absolute atomic E-state index is 13.9. The molecule has 9 heteroatoms. The number of rotatable bonds is 12. The second kappa shape index (κ2) is 13.3. The molecule has 0 radical (unpaired) electrons. The largest absolute Gasteiger partial charge is 0.497 e. The molecule has 3 aromatic rings. The van der Waals surface area contributed by atoms with E-state index < -0.39 is 28.5 Å². The number of hydrogen-bond acceptors (Lipinski definition) is 5. The van der Waals surface area contributed by atoms with Crippen LogP contribution in [0.25, 0.3) is 0 Å². The topological polar surface area (TPSA) is 96.0 Å². The highest BCUT2D eigenvalue weighted by Crippen LogP contribution is 2.26. The van der Waals surface area contributed by atoms with Crippen molar-refractivity contribution in [2.75, 3.05) is 24.5 Å². The Hall–Kier alpha value is -3.85. The Morgan fingerprint density at radius 2 is 1.59 bits per heavy atom. The van der Waals surface area contributed by atoms with Crippen molar-refractivity contribution in [1.29, 1.82) is 0 Å². The zero-order valence-electron chi connectivity index (χ0n) is 23.1. The first-order valence-electron chi connectivity index (χ1n) is 12.9. The Morgan fingerprint density at radius 1 is 0.923 bits per heavy atom. The van der Waals surface area contributed by atoms with Crippen molar-refractivity contribution in [2.45, 2.75) is 45.2 Å².